The highest BCUT2D eigenvalue weighted by Gasteiger charge is 2.29. The van der Waals surface area contributed by atoms with E-state index in [0.717, 1.165) is 16.5 Å². The van der Waals surface area contributed by atoms with Gasteiger partial charge in [0.25, 0.3) is 0 Å². The SMILES string of the molecule is COc1nc2cc(OC(C)C)c(Cl)cc2cc1C(C)N[S@+]([O-])C(C)(C)C. The molecule has 2 rings (SSSR count). The smallest absolute Gasteiger partial charge is 0.218 e. The van der Waals surface area contributed by atoms with Gasteiger partial charge >= 0.3 is 0 Å². The Hall–Kier alpha value is -1.21. The molecule has 26 heavy (non-hydrogen) atoms. The fraction of sp³-hybridized carbons (Fsp3) is 0.526. The molecule has 0 spiro atoms. The van der Waals surface area contributed by atoms with Crippen molar-refractivity contribution in [2.24, 2.45) is 0 Å². The monoisotopic (exact) mass is 398 g/mol. The Bertz CT molecular complexity index is 777. The highest BCUT2D eigenvalue weighted by atomic mass is 35.5. The summed E-state index contributed by atoms with van der Waals surface area (Å²) in [6, 6.07) is 5.41. The number of rotatable bonds is 6. The summed E-state index contributed by atoms with van der Waals surface area (Å²) in [4.78, 5) is 4.59. The minimum Gasteiger partial charge on any atom is -0.598 e. The van der Waals surface area contributed by atoms with E-state index in [4.69, 9.17) is 21.1 Å². The first-order valence-electron chi connectivity index (χ1n) is 8.55. The van der Waals surface area contributed by atoms with Crippen LogP contribution in [0.25, 0.3) is 10.9 Å². The van der Waals surface area contributed by atoms with Crippen molar-refractivity contribution in [3.8, 4) is 11.6 Å². The van der Waals surface area contributed by atoms with Gasteiger partial charge in [-0.25, -0.2) is 4.98 Å². The minimum absolute atomic E-state index is 0.0164. The van der Waals surface area contributed by atoms with Gasteiger partial charge in [0.1, 0.15) is 10.5 Å². The zero-order valence-electron chi connectivity index (χ0n) is 16.3. The number of hydrogen-bond acceptors (Lipinski definition) is 5. The molecule has 0 fully saturated rings. The standard InChI is InChI=1S/C19H27ClN2O3S/c1-11(2)25-17-10-16-13(9-15(17)20)8-14(18(21-16)24-7)12(3)22-26(23)19(4,5)6/h8-12,22H,1-7H3/t12?,26-/m1/s1. The van der Waals surface area contributed by atoms with Crippen LogP contribution in [0, 0.1) is 0 Å². The molecular weight excluding hydrogens is 372 g/mol. The van der Waals surface area contributed by atoms with Crippen molar-refractivity contribution in [1.29, 1.82) is 0 Å². The molecule has 7 heteroatoms. The van der Waals surface area contributed by atoms with Crippen LogP contribution in [0.1, 0.15) is 53.1 Å². The molecule has 0 aliphatic carbocycles. The summed E-state index contributed by atoms with van der Waals surface area (Å²) in [5.74, 6) is 1.08. The Labute approximate surface area is 163 Å². The lowest BCUT2D eigenvalue weighted by atomic mass is 10.1. The van der Waals surface area contributed by atoms with Gasteiger partial charge in [-0.3, -0.25) is 0 Å². The van der Waals surface area contributed by atoms with E-state index in [9.17, 15) is 4.55 Å². The van der Waals surface area contributed by atoms with E-state index < -0.39 is 11.4 Å². The van der Waals surface area contributed by atoms with Gasteiger partial charge in [0.05, 0.1) is 29.8 Å². The number of halogens is 1. The number of benzene rings is 1. The van der Waals surface area contributed by atoms with E-state index in [-0.39, 0.29) is 16.9 Å². The van der Waals surface area contributed by atoms with Crippen LogP contribution in [0.15, 0.2) is 18.2 Å². The Balaban J connectivity index is 2.44. The molecule has 1 N–H and O–H groups in total. The van der Waals surface area contributed by atoms with Crippen molar-refractivity contribution >= 4 is 33.9 Å². The Morgan fingerprint density at radius 1 is 1.19 bits per heavy atom. The molecule has 1 aromatic carbocycles. The van der Waals surface area contributed by atoms with Crippen molar-refractivity contribution in [1.82, 2.24) is 9.71 Å². The maximum absolute atomic E-state index is 12.4. The number of pyridine rings is 1. The first-order chi connectivity index (χ1) is 12.0. The highest BCUT2D eigenvalue weighted by Crippen LogP contribution is 2.34. The predicted molar refractivity (Wildman–Crippen MR) is 109 cm³/mol. The maximum atomic E-state index is 12.4. The molecule has 0 radical (unpaired) electrons. The second kappa shape index (κ2) is 8.21. The van der Waals surface area contributed by atoms with Crippen LogP contribution in [-0.4, -0.2) is 27.5 Å². The van der Waals surface area contributed by atoms with E-state index in [2.05, 4.69) is 9.71 Å². The molecule has 1 heterocycles. The number of hydrogen-bond donors (Lipinski definition) is 1. The number of ether oxygens (including phenoxy) is 2. The number of nitrogens with zero attached hydrogens (tertiary/aromatic N) is 1. The summed E-state index contributed by atoms with van der Waals surface area (Å²) < 4.78 is 26.4. The minimum atomic E-state index is -1.21. The number of nitrogens with one attached hydrogen (secondary N) is 1. The van der Waals surface area contributed by atoms with Gasteiger partial charge in [0.15, 0.2) is 0 Å². The first kappa shape index (κ1) is 21.1. The molecule has 2 aromatic rings. The third kappa shape index (κ3) is 4.94. The molecule has 0 aliphatic rings. The van der Waals surface area contributed by atoms with Gasteiger partial charge < -0.3 is 14.0 Å². The maximum Gasteiger partial charge on any atom is 0.218 e. The Morgan fingerprint density at radius 2 is 1.85 bits per heavy atom. The van der Waals surface area contributed by atoms with Gasteiger partial charge in [-0.05, 0) is 53.7 Å². The van der Waals surface area contributed by atoms with Gasteiger partial charge in [-0.1, -0.05) is 11.6 Å². The molecule has 144 valence electrons. The highest BCUT2D eigenvalue weighted by molar-refractivity contribution is 7.90. The van der Waals surface area contributed by atoms with Gasteiger partial charge in [0, 0.05) is 28.4 Å². The molecule has 2 atom stereocenters. The Kier molecular flexibility index (Phi) is 6.66. The number of methoxy groups -OCH3 is 1. The molecule has 0 bridgehead atoms. The van der Waals surface area contributed by atoms with E-state index in [0.29, 0.717) is 16.7 Å². The van der Waals surface area contributed by atoms with E-state index in [1.54, 1.807) is 7.11 Å². The lowest BCUT2D eigenvalue weighted by Gasteiger charge is -2.27. The molecule has 0 aliphatic heterocycles. The fourth-order valence-corrected chi connectivity index (χ4v) is 3.41. The predicted octanol–water partition coefficient (Wildman–Crippen LogP) is 4.80. The second-order valence-electron chi connectivity index (χ2n) is 7.45. The summed E-state index contributed by atoms with van der Waals surface area (Å²) in [7, 11) is 1.58. The van der Waals surface area contributed by atoms with E-state index in [1.165, 1.54) is 0 Å². The van der Waals surface area contributed by atoms with Crippen LogP contribution in [0.2, 0.25) is 5.02 Å². The molecule has 0 amide bonds. The molecule has 5 nitrogen and oxygen atoms in total. The van der Waals surface area contributed by atoms with E-state index >= 15 is 0 Å². The van der Waals surface area contributed by atoms with Crippen molar-refractivity contribution in [3.05, 3.63) is 28.8 Å². The van der Waals surface area contributed by atoms with E-state index in [1.807, 2.05) is 59.7 Å². The number of aromatic nitrogens is 1. The lowest BCUT2D eigenvalue weighted by Crippen LogP contribution is -2.40. The molecular formula is C19H27ClN2O3S. The normalized spacial score (nSPS) is 14.5. The molecule has 1 unspecified atom stereocenters. The number of fused-ring (bicyclic) bond motifs is 1. The second-order valence-corrected chi connectivity index (χ2v) is 9.85. The van der Waals surface area contributed by atoms with Crippen molar-refractivity contribution in [2.75, 3.05) is 7.11 Å². The third-order valence-corrected chi connectivity index (χ3v) is 5.70. The summed E-state index contributed by atoms with van der Waals surface area (Å²) in [5, 5.41) is 1.40. The summed E-state index contributed by atoms with van der Waals surface area (Å²) in [6.45, 7) is 11.6. The average Bonchev–Trinajstić information content (AvgIpc) is 2.53. The van der Waals surface area contributed by atoms with Crippen LogP contribution >= 0.6 is 11.6 Å². The van der Waals surface area contributed by atoms with Crippen molar-refractivity contribution in [3.63, 3.8) is 0 Å². The summed E-state index contributed by atoms with van der Waals surface area (Å²) in [5.41, 5.74) is 1.56. The van der Waals surface area contributed by atoms with Crippen LogP contribution in [-0.2, 0) is 11.4 Å². The van der Waals surface area contributed by atoms with Crippen LogP contribution < -0.4 is 14.2 Å². The average molecular weight is 399 g/mol. The van der Waals surface area contributed by atoms with Gasteiger partial charge in [-0.15, -0.1) is 4.72 Å². The van der Waals surface area contributed by atoms with Crippen molar-refractivity contribution < 1.29 is 14.0 Å². The van der Waals surface area contributed by atoms with Gasteiger partial charge in [-0.2, -0.15) is 0 Å². The van der Waals surface area contributed by atoms with Gasteiger partial charge in [0.2, 0.25) is 5.88 Å². The molecule has 0 saturated carbocycles. The van der Waals surface area contributed by atoms with Crippen LogP contribution in [0.4, 0.5) is 0 Å². The Morgan fingerprint density at radius 3 is 2.38 bits per heavy atom. The zero-order chi connectivity index (χ0) is 19.6. The first-order valence-corrected chi connectivity index (χ1v) is 10.1. The quantitative estimate of drug-likeness (QED) is 0.708. The topological polar surface area (TPSA) is 66.4 Å². The molecule has 1 aromatic heterocycles. The zero-order valence-corrected chi connectivity index (χ0v) is 17.9. The third-order valence-electron chi connectivity index (χ3n) is 3.72. The largest absolute Gasteiger partial charge is 0.598 e. The van der Waals surface area contributed by atoms with Crippen LogP contribution in [0.3, 0.4) is 0 Å². The van der Waals surface area contributed by atoms with Crippen LogP contribution in [0.5, 0.6) is 11.6 Å². The fourth-order valence-electron chi connectivity index (χ4n) is 2.39. The lowest BCUT2D eigenvalue weighted by molar-refractivity contribution is 0.243. The molecule has 0 saturated heterocycles. The van der Waals surface area contributed by atoms with Crippen molar-refractivity contribution in [2.45, 2.75) is 58.4 Å². The summed E-state index contributed by atoms with van der Waals surface area (Å²) >= 11 is 5.14. The summed E-state index contributed by atoms with van der Waals surface area (Å²) in [6.07, 6.45) is 0.0164.